The molecule has 6 nitrogen and oxygen atoms in total. The molecule has 7 heteroatoms. The van der Waals surface area contributed by atoms with E-state index in [1.54, 1.807) is 12.3 Å². The summed E-state index contributed by atoms with van der Waals surface area (Å²) in [6.07, 6.45) is 2.31. The van der Waals surface area contributed by atoms with Gasteiger partial charge < -0.3 is 14.7 Å². The van der Waals surface area contributed by atoms with E-state index in [1.165, 1.54) is 11.5 Å². The number of aryl methyl sites for hydroxylation is 2. The Morgan fingerprint density at radius 1 is 1.23 bits per heavy atom. The van der Waals surface area contributed by atoms with Crippen LogP contribution < -0.4 is 4.74 Å². The maximum absolute atomic E-state index is 12.6. The lowest BCUT2D eigenvalue weighted by Gasteiger charge is -2.35. The fourth-order valence-corrected chi connectivity index (χ4v) is 4.69. The zero-order valence-corrected chi connectivity index (χ0v) is 15.8. The third-order valence-electron chi connectivity index (χ3n) is 5.48. The number of nitrogens with zero attached hydrogens (tertiary/aromatic N) is 3. The second kappa shape index (κ2) is 6.96. The number of amides is 1. The average molecular weight is 373 g/mol. The van der Waals surface area contributed by atoms with Crippen molar-refractivity contribution in [2.45, 2.75) is 38.9 Å². The standard InChI is InChI=1S/C19H23N3O3S/c1-11-3-4-16(12(2)21-11)25-17-8-14-10-22(9-13(14)7-15(17)23)19(24)18-5-6-20-26-18/h3-6,13-15,17,23H,7-10H2,1-2H3/t13-,14+,15+,17+/m0/s1. The van der Waals surface area contributed by atoms with E-state index in [2.05, 4.69) is 9.36 Å². The Balaban J connectivity index is 1.43. The second-order valence-electron chi connectivity index (χ2n) is 7.34. The molecule has 2 aromatic rings. The van der Waals surface area contributed by atoms with Crippen molar-refractivity contribution >= 4 is 17.4 Å². The minimum absolute atomic E-state index is 0.0486. The number of pyridine rings is 1. The highest BCUT2D eigenvalue weighted by Gasteiger charge is 2.44. The molecule has 0 aromatic carbocycles. The zero-order chi connectivity index (χ0) is 18.3. The van der Waals surface area contributed by atoms with Crippen molar-refractivity contribution < 1.29 is 14.6 Å². The minimum atomic E-state index is -0.518. The van der Waals surface area contributed by atoms with Gasteiger partial charge in [0.1, 0.15) is 16.7 Å². The molecule has 138 valence electrons. The summed E-state index contributed by atoms with van der Waals surface area (Å²) in [7, 11) is 0. The minimum Gasteiger partial charge on any atom is -0.486 e. The van der Waals surface area contributed by atoms with Crippen LogP contribution in [0, 0.1) is 25.7 Å². The maximum Gasteiger partial charge on any atom is 0.265 e. The van der Waals surface area contributed by atoms with Gasteiger partial charge in [0, 0.05) is 25.0 Å². The fourth-order valence-electron chi connectivity index (χ4n) is 4.13. The van der Waals surface area contributed by atoms with E-state index < -0.39 is 6.10 Å². The lowest BCUT2D eigenvalue weighted by molar-refractivity contribution is -0.0236. The highest BCUT2D eigenvalue weighted by atomic mass is 32.1. The second-order valence-corrected chi connectivity index (χ2v) is 8.17. The van der Waals surface area contributed by atoms with Crippen molar-refractivity contribution in [1.29, 1.82) is 0 Å². The van der Waals surface area contributed by atoms with E-state index in [1.807, 2.05) is 30.9 Å². The lowest BCUT2D eigenvalue weighted by Crippen LogP contribution is -2.42. The Bertz CT molecular complexity index is 795. The van der Waals surface area contributed by atoms with Gasteiger partial charge >= 0.3 is 0 Å². The summed E-state index contributed by atoms with van der Waals surface area (Å²) in [5.74, 6) is 1.47. The van der Waals surface area contributed by atoms with E-state index in [0.717, 1.165) is 30.1 Å². The molecule has 1 N–H and O–H groups in total. The Hall–Kier alpha value is -1.99. The van der Waals surface area contributed by atoms with E-state index in [-0.39, 0.29) is 12.0 Å². The summed E-state index contributed by atoms with van der Waals surface area (Å²) < 4.78 is 10.1. The van der Waals surface area contributed by atoms with Crippen molar-refractivity contribution in [2.75, 3.05) is 13.1 Å². The van der Waals surface area contributed by atoms with E-state index in [4.69, 9.17) is 4.74 Å². The number of rotatable bonds is 3. The van der Waals surface area contributed by atoms with Gasteiger partial charge in [-0.1, -0.05) is 0 Å². The van der Waals surface area contributed by atoms with Crippen molar-refractivity contribution in [1.82, 2.24) is 14.3 Å². The molecule has 3 heterocycles. The van der Waals surface area contributed by atoms with Crippen LogP contribution in [-0.2, 0) is 0 Å². The summed E-state index contributed by atoms with van der Waals surface area (Å²) in [5.41, 5.74) is 1.79. The first-order valence-electron chi connectivity index (χ1n) is 9.00. The molecule has 1 saturated heterocycles. The first-order valence-corrected chi connectivity index (χ1v) is 9.77. The summed E-state index contributed by atoms with van der Waals surface area (Å²) in [6.45, 7) is 5.30. The molecule has 0 bridgehead atoms. The summed E-state index contributed by atoms with van der Waals surface area (Å²) >= 11 is 1.23. The number of likely N-dealkylation sites (tertiary alicyclic amines) is 1. The van der Waals surface area contributed by atoms with Crippen LogP contribution in [0.4, 0.5) is 0 Å². The molecule has 1 aliphatic heterocycles. The molecule has 2 aliphatic rings. The molecule has 1 aliphatic carbocycles. The number of aliphatic hydroxyl groups is 1. The molecular weight excluding hydrogens is 350 g/mol. The van der Waals surface area contributed by atoms with Gasteiger partial charge in [0.15, 0.2) is 0 Å². The van der Waals surface area contributed by atoms with Crippen LogP contribution in [0.15, 0.2) is 24.4 Å². The Kier molecular flexibility index (Phi) is 4.67. The van der Waals surface area contributed by atoms with Crippen LogP contribution in [0.1, 0.15) is 33.9 Å². The van der Waals surface area contributed by atoms with Crippen molar-refractivity contribution in [3.05, 3.63) is 40.7 Å². The van der Waals surface area contributed by atoms with Crippen molar-refractivity contribution in [3.63, 3.8) is 0 Å². The van der Waals surface area contributed by atoms with E-state index >= 15 is 0 Å². The molecule has 2 fully saturated rings. The predicted molar refractivity (Wildman–Crippen MR) is 98.4 cm³/mol. The van der Waals surface area contributed by atoms with Gasteiger partial charge in [-0.2, -0.15) is 0 Å². The number of aliphatic hydroxyl groups excluding tert-OH is 1. The van der Waals surface area contributed by atoms with E-state index in [9.17, 15) is 9.90 Å². The summed E-state index contributed by atoms with van der Waals surface area (Å²) in [6, 6.07) is 5.61. The van der Waals surface area contributed by atoms with Crippen LogP contribution >= 0.6 is 11.5 Å². The number of ether oxygens (including phenoxy) is 1. The van der Waals surface area contributed by atoms with Crippen LogP contribution in [0.25, 0.3) is 0 Å². The van der Waals surface area contributed by atoms with Gasteiger partial charge in [-0.15, -0.1) is 0 Å². The van der Waals surface area contributed by atoms with Crippen molar-refractivity contribution in [3.8, 4) is 5.75 Å². The maximum atomic E-state index is 12.6. The predicted octanol–water partition coefficient (Wildman–Crippen LogP) is 2.45. The quantitative estimate of drug-likeness (QED) is 0.894. The lowest BCUT2D eigenvalue weighted by atomic mass is 9.78. The van der Waals surface area contributed by atoms with E-state index in [0.29, 0.717) is 29.7 Å². The van der Waals surface area contributed by atoms with Crippen LogP contribution in [0.3, 0.4) is 0 Å². The highest BCUT2D eigenvalue weighted by molar-refractivity contribution is 7.08. The fraction of sp³-hybridized carbons (Fsp3) is 0.526. The van der Waals surface area contributed by atoms with Gasteiger partial charge in [0.25, 0.3) is 5.91 Å². The van der Waals surface area contributed by atoms with Gasteiger partial charge in [-0.05, 0) is 68.3 Å². The molecule has 4 atom stereocenters. The number of carbonyl (C=O) groups is 1. The molecule has 2 aromatic heterocycles. The first-order chi connectivity index (χ1) is 12.5. The number of fused-ring (bicyclic) bond motifs is 1. The van der Waals surface area contributed by atoms with Gasteiger partial charge in [-0.25, -0.2) is 4.37 Å². The first kappa shape index (κ1) is 17.4. The summed E-state index contributed by atoms with van der Waals surface area (Å²) in [4.78, 5) is 19.6. The average Bonchev–Trinajstić information content (AvgIpc) is 3.26. The van der Waals surface area contributed by atoms with Gasteiger partial charge in [0.05, 0.1) is 11.8 Å². The Morgan fingerprint density at radius 2 is 2.00 bits per heavy atom. The highest BCUT2D eigenvalue weighted by Crippen LogP contribution is 2.38. The van der Waals surface area contributed by atoms with Gasteiger partial charge in [-0.3, -0.25) is 9.78 Å². The third-order valence-corrected chi connectivity index (χ3v) is 6.21. The molecule has 1 amide bonds. The molecule has 0 radical (unpaired) electrons. The normalized spacial score (nSPS) is 28.0. The molecule has 4 rings (SSSR count). The SMILES string of the molecule is Cc1ccc(O[C@@H]2C[C@@H]3CN(C(=O)c4ccns4)C[C@@H]3C[C@H]2O)c(C)n1. The van der Waals surface area contributed by atoms with Crippen LogP contribution in [-0.4, -0.2) is 50.6 Å². The molecular formula is C19H23N3O3S. The number of carbonyl (C=O) groups excluding carboxylic acids is 1. The molecule has 0 spiro atoms. The number of hydrogen-bond donors (Lipinski definition) is 1. The number of aromatic nitrogens is 2. The number of hydrogen-bond acceptors (Lipinski definition) is 6. The topological polar surface area (TPSA) is 75.5 Å². The van der Waals surface area contributed by atoms with Crippen LogP contribution in [0.5, 0.6) is 5.75 Å². The molecule has 1 saturated carbocycles. The zero-order valence-electron chi connectivity index (χ0n) is 15.0. The Morgan fingerprint density at radius 3 is 2.69 bits per heavy atom. The summed E-state index contributed by atoms with van der Waals surface area (Å²) in [5, 5.41) is 10.6. The van der Waals surface area contributed by atoms with Crippen LogP contribution in [0.2, 0.25) is 0 Å². The molecule has 26 heavy (non-hydrogen) atoms. The monoisotopic (exact) mass is 373 g/mol. The smallest absolute Gasteiger partial charge is 0.265 e. The third kappa shape index (κ3) is 3.33. The van der Waals surface area contributed by atoms with Crippen molar-refractivity contribution in [2.24, 2.45) is 11.8 Å². The molecule has 0 unspecified atom stereocenters. The largest absolute Gasteiger partial charge is 0.486 e. The Labute approximate surface area is 157 Å². The van der Waals surface area contributed by atoms with Gasteiger partial charge in [0.2, 0.25) is 0 Å².